The minimum absolute atomic E-state index is 0.102. The molecule has 1 aromatic rings. The second-order valence-corrected chi connectivity index (χ2v) is 7.96. The molecule has 1 aromatic carbocycles. The molecule has 0 aromatic heterocycles. The summed E-state index contributed by atoms with van der Waals surface area (Å²) in [5.74, 6) is 0. The molecule has 3 N–H and O–H groups in total. The number of nitrogens with one attached hydrogen (secondary N) is 1. The van der Waals surface area contributed by atoms with Gasteiger partial charge in [0, 0.05) is 17.6 Å². The van der Waals surface area contributed by atoms with E-state index in [9.17, 15) is 16.8 Å². The average Bonchev–Trinajstić information content (AvgIpc) is 2.31. The summed E-state index contributed by atoms with van der Waals surface area (Å²) in [6.45, 7) is 4.11. The molecule has 0 aliphatic carbocycles. The van der Waals surface area contributed by atoms with E-state index in [2.05, 4.69) is 20.7 Å². The van der Waals surface area contributed by atoms with Crippen molar-refractivity contribution in [3.63, 3.8) is 0 Å². The fourth-order valence-corrected chi connectivity index (χ4v) is 4.09. The molecule has 114 valence electrons. The van der Waals surface area contributed by atoms with Crippen molar-refractivity contribution in [2.24, 2.45) is 5.14 Å². The number of primary sulfonamides is 1. The molecule has 0 saturated carbocycles. The van der Waals surface area contributed by atoms with Crippen molar-refractivity contribution < 1.29 is 16.8 Å². The number of rotatable bonds is 6. The molecule has 0 amide bonds. The van der Waals surface area contributed by atoms with Crippen LogP contribution in [0.3, 0.4) is 0 Å². The molecule has 0 unspecified atom stereocenters. The van der Waals surface area contributed by atoms with Gasteiger partial charge in [-0.1, -0.05) is 13.8 Å². The summed E-state index contributed by atoms with van der Waals surface area (Å²) >= 11 is 3.12. The van der Waals surface area contributed by atoms with Crippen molar-refractivity contribution in [3.05, 3.63) is 22.7 Å². The Morgan fingerprint density at radius 3 is 2.15 bits per heavy atom. The Bertz CT molecular complexity index is 684. The van der Waals surface area contributed by atoms with Crippen LogP contribution in [0.15, 0.2) is 27.6 Å². The molecule has 0 saturated heterocycles. The van der Waals surface area contributed by atoms with Gasteiger partial charge < -0.3 is 0 Å². The lowest BCUT2D eigenvalue weighted by Gasteiger charge is -2.20. The summed E-state index contributed by atoms with van der Waals surface area (Å²) in [6.07, 6.45) is 0. The summed E-state index contributed by atoms with van der Waals surface area (Å²) in [5, 5.41) is 5.00. The van der Waals surface area contributed by atoms with Gasteiger partial charge in [0.15, 0.2) is 0 Å². The number of anilines is 1. The van der Waals surface area contributed by atoms with Gasteiger partial charge in [-0.05, 0) is 34.1 Å². The summed E-state index contributed by atoms with van der Waals surface area (Å²) in [6, 6.07) is 3.82. The topological polar surface area (TPSA) is 110 Å². The van der Waals surface area contributed by atoms with Gasteiger partial charge in [0.1, 0.15) is 0 Å². The van der Waals surface area contributed by atoms with Gasteiger partial charge in [0.2, 0.25) is 10.0 Å². The molecule has 0 radical (unpaired) electrons. The highest BCUT2D eigenvalue weighted by Gasteiger charge is 2.20. The highest BCUT2D eigenvalue weighted by atomic mass is 79.9. The van der Waals surface area contributed by atoms with Gasteiger partial charge in [-0.3, -0.25) is 4.72 Å². The summed E-state index contributed by atoms with van der Waals surface area (Å²) < 4.78 is 50.4. The fourth-order valence-electron chi connectivity index (χ4n) is 1.52. The standard InChI is InChI=1S/C10H16BrN3O4S2/c1-3-14(4-2)20(17,18)13-10-6-5-8(7-9(10)11)19(12,15)16/h5-7,13H,3-4H2,1-2H3,(H2,12,15,16). The summed E-state index contributed by atoms with van der Waals surface area (Å²) in [7, 11) is -7.50. The van der Waals surface area contributed by atoms with Crippen molar-refractivity contribution in [3.8, 4) is 0 Å². The van der Waals surface area contributed by atoms with Gasteiger partial charge >= 0.3 is 10.2 Å². The molecule has 7 nitrogen and oxygen atoms in total. The van der Waals surface area contributed by atoms with Crippen LogP contribution in [0.25, 0.3) is 0 Å². The van der Waals surface area contributed by atoms with Gasteiger partial charge in [0.05, 0.1) is 10.6 Å². The maximum Gasteiger partial charge on any atom is 0.301 e. The highest BCUT2D eigenvalue weighted by Crippen LogP contribution is 2.26. The fraction of sp³-hybridized carbons (Fsp3) is 0.400. The van der Waals surface area contributed by atoms with E-state index in [0.29, 0.717) is 17.6 Å². The first kappa shape index (κ1) is 17.4. The zero-order valence-corrected chi connectivity index (χ0v) is 14.2. The Morgan fingerprint density at radius 1 is 1.20 bits per heavy atom. The van der Waals surface area contributed by atoms with E-state index >= 15 is 0 Å². The lowest BCUT2D eigenvalue weighted by atomic mass is 10.3. The molecule has 0 atom stereocenters. The zero-order valence-electron chi connectivity index (χ0n) is 11.0. The average molecular weight is 386 g/mol. The molecule has 0 heterocycles. The van der Waals surface area contributed by atoms with Crippen LogP contribution < -0.4 is 9.86 Å². The molecular formula is C10H16BrN3O4S2. The van der Waals surface area contributed by atoms with E-state index < -0.39 is 20.2 Å². The Kier molecular flexibility index (Phi) is 5.55. The Labute approximate surface area is 127 Å². The van der Waals surface area contributed by atoms with Crippen molar-refractivity contribution in [1.29, 1.82) is 0 Å². The van der Waals surface area contributed by atoms with Crippen LogP contribution in [-0.2, 0) is 20.2 Å². The Morgan fingerprint density at radius 2 is 1.75 bits per heavy atom. The number of halogens is 1. The molecule has 0 aliphatic rings. The predicted molar refractivity (Wildman–Crippen MR) is 81.0 cm³/mol. The monoisotopic (exact) mass is 385 g/mol. The largest absolute Gasteiger partial charge is 0.301 e. The molecule has 0 spiro atoms. The van der Waals surface area contributed by atoms with E-state index in [1.54, 1.807) is 13.8 Å². The first-order chi connectivity index (χ1) is 9.11. The normalized spacial score (nSPS) is 12.7. The van der Waals surface area contributed by atoms with Crippen LogP contribution in [0.5, 0.6) is 0 Å². The molecule has 1 rings (SSSR count). The van der Waals surface area contributed by atoms with Crippen LogP contribution >= 0.6 is 15.9 Å². The lowest BCUT2D eigenvalue weighted by molar-refractivity contribution is 0.449. The highest BCUT2D eigenvalue weighted by molar-refractivity contribution is 9.10. The zero-order chi connectivity index (χ0) is 15.6. The maximum atomic E-state index is 12.0. The van der Waals surface area contributed by atoms with E-state index in [1.807, 2.05) is 0 Å². The van der Waals surface area contributed by atoms with Crippen molar-refractivity contribution >= 4 is 41.8 Å². The van der Waals surface area contributed by atoms with E-state index in [-0.39, 0.29) is 10.6 Å². The first-order valence-corrected chi connectivity index (χ1v) is 9.50. The minimum atomic E-state index is -3.83. The van der Waals surface area contributed by atoms with E-state index in [0.717, 1.165) is 0 Å². The summed E-state index contributed by atoms with van der Waals surface area (Å²) in [5.41, 5.74) is 0.240. The van der Waals surface area contributed by atoms with Gasteiger partial charge in [-0.15, -0.1) is 0 Å². The summed E-state index contributed by atoms with van der Waals surface area (Å²) in [4.78, 5) is -0.102. The van der Waals surface area contributed by atoms with Crippen LogP contribution in [-0.4, -0.2) is 34.2 Å². The molecule has 20 heavy (non-hydrogen) atoms. The number of hydrogen-bond donors (Lipinski definition) is 2. The number of hydrogen-bond acceptors (Lipinski definition) is 4. The van der Waals surface area contributed by atoms with Crippen LogP contribution in [0.2, 0.25) is 0 Å². The second kappa shape index (κ2) is 6.39. The van der Waals surface area contributed by atoms with Crippen LogP contribution in [0.1, 0.15) is 13.8 Å². The van der Waals surface area contributed by atoms with E-state index in [4.69, 9.17) is 5.14 Å². The second-order valence-electron chi connectivity index (χ2n) is 3.88. The van der Waals surface area contributed by atoms with Crippen molar-refractivity contribution in [2.75, 3.05) is 17.8 Å². The van der Waals surface area contributed by atoms with Crippen LogP contribution in [0.4, 0.5) is 5.69 Å². The quantitative estimate of drug-likeness (QED) is 0.763. The third-order valence-electron chi connectivity index (χ3n) is 2.55. The maximum absolute atomic E-state index is 12.0. The van der Waals surface area contributed by atoms with Gasteiger partial charge in [0.25, 0.3) is 0 Å². The first-order valence-electron chi connectivity index (χ1n) is 5.72. The molecular weight excluding hydrogens is 370 g/mol. The molecule has 10 heteroatoms. The van der Waals surface area contributed by atoms with Gasteiger partial charge in [-0.25, -0.2) is 13.6 Å². The smallest absolute Gasteiger partial charge is 0.270 e. The number of nitrogens with two attached hydrogens (primary N) is 1. The predicted octanol–water partition coefficient (Wildman–Crippen LogP) is 1.10. The molecule has 0 fully saturated rings. The SMILES string of the molecule is CCN(CC)S(=O)(=O)Nc1ccc(S(N)(=O)=O)cc1Br. The third kappa shape index (κ3) is 4.16. The van der Waals surface area contributed by atoms with E-state index in [1.165, 1.54) is 22.5 Å². The van der Waals surface area contributed by atoms with Crippen molar-refractivity contribution in [2.45, 2.75) is 18.7 Å². The molecule has 0 bridgehead atoms. The number of nitrogens with zero attached hydrogens (tertiary/aromatic N) is 1. The number of benzene rings is 1. The minimum Gasteiger partial charge on any atom is -0.270 e. The van der Waals surface area contributed by atoms with Crippen molar-refractivity contribution in [1.82, 2.24) is 4.31 Å². The Balaban J connectivity index is 3.12. The third-order valence-corrected chi connectivity index (χ3v) is 5.79. The van der Waals surface area contributed by atoms with Gasteiger partial charge in [-0.2, -0.15) is 12.7 Å². The lowest BCUT2D eigenvalue weighted by Crippen LogP contribution is -2.35. The Hall–Kier alpha value is -0.680. The number of sulfonamides is 1. The molecule has 0 aliphatic heterocycles. The van der Waals surface area contributed by atoms with Crippen LogP contribution in [0, 0.1) is 0 Å².